The number of aliphatic hydroxyl groups excluding tert-OH is 1. The van der Waals surface area contributed by atoms with E-state index in [2.05, 4.69) is 4.98 Å². The molecule has 1 fully saturated rings. The van der Waals surface area contributed by atoms with E-state index < -0.39 is 42.6 Å². The smallest absolute Gasteiger partial charge is 0.393 e. The van der Waals surface area contributed by atoms with Crippen LogP contribution in [0.1, 0.15) is 16.1 Å². The van der Waals surface area contributed by atoms with E-state index in [4.69, 9.17) is 0 Å². The van der Waals surface area contributed by atoms with E-state index in [-0.39, 0.29) is 12.1 Å². The number of pyridine rings is 1. The van der Waals surface area contributed by atoms with Gasteiger partial charge in [0.1, 0.15) is 5.56 Å². The number of likely N-dealkylation sites (tertiary alicyclic amines) is 1. The number of hydrogen-bond donors (Lipinski definition) is 2. The number of alkyl halides is 3. The van der Waals surface area contributed by atoms with Gasteiger partial charge in [-0.15, -0.1) is 0 Å². The topological polar surface area (TPSA) is 73.4 Å². The summed E-state index contributed by atoms with van der Waals surface area (Å²) in [6.45, 7) is 0.206. The number of rotatable bonds is 3. The highest BCUT2D eigenvalue weighted by molar-refractivity contribution is 5.95. The number of amides is 1. The van der Waals surface area contributed by atoms with Crippen LogP contribution in [0.4, 0.5) is 13.2 Å². The van der Waals surface area contributed by atoms with Crippen LogP contribution in [0.5, 0.6) is 0 Å². The number of hydrogen-bond acceptors (Lipinski definition) is 3. The predicted molar refractivity (Wildman–Crippen MR) is 93.3 cm³/mol. The van der Waals surface area contributed by atoms with Gasteiger partial charge in [-0.25, -0.2) is 0 Å². The van der Waals surface area contributed by atoms with Gasteiger partial charge in [-0.2, -0.15) is 13.2 Å². The molecule has 1 aliphatic rings. The number of nitrogens with zero attached hydrogens (tertiary/aromatic N) is 1. The second-order valence-corrected chi connectivity index (χ2v) is 6.72. The highest BCUT2D eigenvalue weighted by atomic mass is 19.4. The quantitative estimate of drug-likeness (QED) is 0.860. The van der Waals surface area contributed by atoms with Gasteiger partial charge in [0.25, 0.3) is 11.5 Å². The molecule has 2 N–H and O–H groups in total. The van der Waals surface area contributed by atoms with Crippen LogP contribution in [0.15, 0.2) is 41.2 Å². The van der Waals surface area contributed by atoms with Gasteiger partial charge in [-0.1, -0.05) is 30.3 Å². The number of aromatic amines is 1. The zero-order valence-corrected chi connectivity index (χ0v) is 14.6. The Morgan fingerprint density at radius 1 is 1.26 bits per heavy atom. The summed E-state index contributed by atoms with van der Waals surface area (Å²) in [6.07, 6.45) is -4.52. The first-order chi connectivity index (χ1) is 12.7. The molecule has 3 rings (SSSR count). The SMILES string of the molecule is Cc1[nH]c(=O)c(C(=O)N2C[C@@H](CO)[C@H](C(F)(F)F)C2)cc1-c1ccccc1. The van der Waals surface area contributed by atoms with Crippen molar-refractivity contribution in [2.75, 3.05) is 19.7 Å². The molecular weight excluding hydrogens is 361 g/mol. The van der Waals surface area contributed by atoms with Gasteiger partial charge < -0.3 is 15.0 Å². The molecule has 0 unspecified atom stereocenters. The van der Waals surface area contributed by atoms with Crippen LogP contribution in [0.25, 0.3) is 11.1 Å². The molecule has 144 valence electrons. The highest BCUT2D eigenvalue weighted by Gasteiger charge is 2.50. The van der Waals surface area contributed by atoms with Gasteiger partial charge >= 0.3 is 6.18 Å². The minimum Gasteiger partial charge on any atom is -0.396 e. The minimum atomic E-state index is -4.52. The van der Waals surface area contributed by atoms with Gasteiger partial charge in [-0.05, 0) is 18.6 Å². The minimum absolute atomic E-state index is 0.209. The van der Waals surface area contributed by atoms with Crippen molar-refractivity contribution in [3.8, 4) is 11.1 Å². The molecule has 0 spiro atoms. The summed E-state index contributed by atoms with van der Waals surface area (Å²) in [6, 6.07) is 10.5. The number of nitrogens with one attached hydrogen (secondary N) is 1. The van der Waals surface area contributed by atoms with Crippen LogP contribution in [0.2, 0.25) is 0 Å². The maximum Gasteiger partial charge on any atom is 0.393 e. The van der Waals surface area contributed by atoms with Crippen molar-refractivity contribution in [3.05, 3.63) is 58.0 Å². The number of aromatic nitrogens is 1. The van der Waals surface area contributed by atoms with E-state index in [0.29, 0.717) is 11.3 Å². The molecule has 0 bridgehead atoms. The van der Waals surface area contributed by atoms with E-state index in [0.717, 1.165) is 10.5 Å². The van der Waals surface area contributed by atoms with Crippen molar-refractivity contribution in [3.63, 3.8) is 0 Å². The molecule has 1 saturated heterocycles. The molecule has 27 heavy (non-hydrogen) atoms. The van der Waals surface area contributed by atoms with Gasteiger partial charge in [-0.3, -0.25) is 9.59 Å². The molecule has 2 heterocycles. The Morgan fingerprint density at radius 2 is 1.93 bits per heavy atom. The maximum atomic E-state index is 13.1. The third-order valence-electron chi connectivity index (χ3n) is 4.94. The Bertz CT molecular complexity index is 893. The molecular formula is C19H19F3N2O3. The Balaban J connectivity index is 1.95. The Labute approximate surface area is 153 Å². The molecule has 0 aliphatic carbocycles. The van der Waals surface area contributed by atoms with Crippen LogP contribution in [0, 0.1) is 18.8 Å². The number of aryl methyl sites for hydroxylation is 1. The van der Waals surface area contributed by atoms with Crippen LogP contribution < -0.4 is 5.56 Å². The molecule has 1 amide bonds. The second kappa shape index (κ2) is 7.19. The predicted octanol–water partition coefficient (Wildman–Crippen LogP) is 2.59. The van der Waals surface area contributed by atoms with E-state index in [9.17, 15) is 27.9 Å². The number of H-pyrrole nitrogens is 1. The molecule has 1 aromatic heterocycles. The zero-order valence-electron chi connectivity index (χ0n) is 14.6. The number of aliphatic hydroxyl groups is 1. The third kappa shape index (κ3) is 3.75. The molecule has 8 heteroatoms. The molecule has 1 aliphatic heterocycles. The van der Waals surface area contributed by atoms with Crippen molar-refractivity contribution >= 4 is 5.91 Å². The largest absolute Gasteiger partial charge is 0.396 e. The average Bonchev–Trinajstić information content (AvgIpc) is 3.07. The fourth-order valence-corrected chi connectivity index (χ4v) is 3.46. The van der Waals surface area contributed by atoms with Gasteiger partial charge in [0, 0.05) is 36.9 Å². The van der Waals surface area contributed by atoms with E-state index in [1.807, 2.05) is 30.3 Å². The standard InChI is InChI=1S/C19H19F3N2O3/c1-11-14(12-5-3-2-4-6-12)7-15(17(26)23-11)18(27)24-8-13(10-25)16(9-24)19(20,21)22/h2-7,13,16,25H,8-10H2,1H3,(H,23,26)/t13-,16+/m0/s1. The summed E-state index contributed by atoms with van der Waals surface area (Å²) in [5, 5.41) is 9.25. The lowest BCUT2D eigenvalue weighted by atomic mass is 9.97. The van der Waals surface area contributed by atoms with Crippen LogP contribution >= 0.6 is 0 Å². The summed E-state index contributed by atoms with van der Waals surface area (Å²) in [7, 11) is 0. The van der Waals surface area contributed by atoms with Crippen molar-refractivity contribution in [2.24, 2.45) is 11.8 Å². The van der Waals surface area contributed by atoms with E-state index >= 15 is 0 Å². The Kier molecular flexibility index (Phi) is 5.10. The highest BCUT2D eigenvalue weighted by Crippen LogP contribution is 2.37. The Hall–Kier alpha value is -2.61. The number of carbonyl (C=O) groups excluding carboxylic acids is 1. The number of halogens is 3. The van der Waals surface area contributed by atoms with Crippen LogP contribution in [-0.4, -0.2) is 46.8 Å². The second-order valence-electron chi connectivity index (χ2n) is 6.72. The molecule has 0 radical (unpaired) electrons. The molecule has 1 aromatic carbocycles. The summed E-state index contributed by atoms with van der Waals surface area (Å²) < 4.78 is 39.4. The van der Waals surface area contributed by atoms with E-state index in [1.165, 1.54) is 6.07 Å². The molecule has 2 atom stereocenters. The van der Waals surface area contributed by atoms with Crippen molar-refractivity contribution in [1.82, 2.24) is 9.88 Å². The lowest BCUT2D eigenvalue weighted by Gasteiger charge is -2.19. The Morgan fingerprint density at radius 3 is 2.48 bits per heavy atom. The summed E-state index contributed by atoms with van der Waals surface area (Å²) in [5.74, 6) is -3.66. The molecule has 0 saturated carbocycles. The van der Waals surface area contributed by atoms with Crippen molar-refractivity contribution in [1.29, 1.82) is 0 Å². The number of carbonyl (C=O) groups is 1. The van der Waals surface area contributed by atoms with Crippen molar-refractivity contribution < 1.29 is 23.1 Å². The number of benzene rings is 1. The summed E-state index contributed by atoms with van der Waals surface area (Å²) in [4.78, 5) is 28.6. The van der Waals surface area contributed by atoms with E-state index in [1.54, 1.807) is 6.92 Å². The third-order valence-corrected chi connectivity index (χ3v) is 4.94. The lowest BCUT2D eigenvalue weighted by Crippen LogP contribution is -2.35. The van der Waals surface area contributed by atoms with Crippen LogP contribution in [0.3, 0.4) is 0 Å². The fourth-order valence-electron chi connectivity index (χ4n) is 3.46. The van der Waals surface area contributed by atoms with Gasteiger partial charge in [0.15, 0.2) is 0 Å². The first-order valence-electron chi connectivity index (χ1n) is 8.48. The first kappa shape index (κ1) is 19.2. The molecule has 5 nitrogen and oxygen atoms in total. The fraction of sp³-hybridized carbons (Fsp3) is 0.368. The summed E-state index contributed by atoms with van der Waals surface area (Å²) >= 11 is 0. The maximum absolute atomic E-state index is 13.1. The van der Waals surface area contributed by atoms with Gasteiger partial charge in [0.05, 0.1) is 5.92 Å². The van der Waals surface area contributed by atoms with Gasteiger partial charge in [0.2, 0.25) is 0 Å². The summed E-state index contributed by atoms with van der Waals surface area (Å²) in [5.41, 5.74) is 1.12. The molecule has 2 aromatic rings. The average molecular weight is 380 g/mol. The van der Waals surface area contributed by atoms with Crippen molar-refractivity contribution in [2.45, 2.75) is 13.1 Å². The normalized spacial score (nSPS) is 20.1. The zero-order chi connectivity index (χ0) is 19.8. The monoisotopic (exact) mass is 380 g/mol. The lowest BCUT2D eigenvalue weighted by molar-refractivity contribution is -0.182. The first-order valence-corrected chi connectivity index (χ1v) is 8.48. The van der Waals surface area contributed by atoms with Crippen LogP contribution in [-0.2, 0) is 0 Å².